The van der Waals surface area contributed by atoms with Crippen molar-refractivity contribution in [3.05, 3.63) is 34.4 Å². The van der Waals surface area contributed by atoms with Crippen molar-refractivity contribution in [2.24, 2.45) is 0 Å². The van der Waals surface area contributed by atoms with Gasteiger partial charge in [-0.25, -0.2) is 4.79 Å². The molecular formula is C13H17NO6. The molecule has 1 aromatic rings. The average molecular weight is 283 g/mol. The first-order valence-corrected chi connectivity index (χ1v) is 6.01. The summed E-state index contributed by atoms with van der Waals surface area (Å²) in [6, 6.07) is 5.13. The molecule has 110 valence electrons. The lowest BCUT2D eigenvalue weighted by molar-refractivity contribution is -0.384. The minimum atomic E-state index is -0.878. The van der Waals surface area contributed by atoms with Gasteiger partial charge < -0.3 is 14.2 Å². The predicted octanol–water partition coefficient (Wildman–Crippen LogP) is 2.93. The Kier molecular flexibility index (Phi) is 5.45. The van der Waals surface area contributed by atoms with Gasteiger partial charge in [0.1, 0.15) is 12.4 Å². The highest BCUT2D eigenvalue weighted by Gasteiger charge is 2.12. The van der Waals surface area contributed by atoms with E-state index in [1.807, 2.05) is 20.8 Å². The minimum Gasteiger partial charge on any atom is -0.432 e. The number of ether oxygens (including phenoxy) is 3. The molecule has 1 aromatic carbocycles. The van der Waals surface area contributed by atoms with Crippen LogP contribution in [0.1, 0.15) is 20.8 Å². The molecule has 0 atom stereocenters. The number of nitro groups is 1. The van der Waals surface area contributed by atoms with E-state index in [2.05, 4.69) is 0 Å². The van der Waals surface area contributed by atoms with E-state index in [9.17, 15) is 14.9 Å². The van der Waals surface area contributed by atoms with Crippen molar-refractivity contribution in [2.45, 2.75) is 26.4 Å². The van der Waals surface area contributed by atoms with Gasteiger partial charge in [0.25, 0.3) is 5.69 Å². The first-order valence-electron chi connectivity index (χ1n) is 6.01. The van der Waals surface area contributed by atoms with Gasteiger partial charge in [-0.1, -0.05) is 0 Å². The topological polar surface area (TPSA) is 87.9 Å². The first-order chi connectivity index (χ1) is 9.28. The number of hydrogen-bond donors (Lipinski definition) is 0. The van der Waals surface area contributed by atoms with Crippen LogP contribution in [0.4, 0.5) is 10.5 Å². The SMILES string of the molecule is CC(C)(C)OCCOC(=O)Oc1ccc([N+](=O)[O-])cc1. The molecule has 0 N–H and O–H groups in total. The van der Waals surface area contributed by atoms with E-state index < -0.39 is 11.1 Å². The monoisotopic (exact) mass is 283 g/mol. The maximum Gasteiger partial charge on any atom is 0.513 e. The van der Waals surface area contributed by atoms with Crippen LogP contribution in [0.3, 0.4) is 0 Å². The van der Waals surface area contributed by atoms with Crippen molar-refractivity contribution in [2.75, 3.05) is 13.2 Å². The smallest absolute Gasteiger partial charge is 0.432 e. The van der Waals surface area contributed by atoms with Crippen molar-refractivity contribution >= 4 is 11.8 Å². The molecule has 0 heterocycles. The number of carbonyl (C=O) groups excluding carboxylic acids is 1. The van der Waals surface area contributed by atoms with Crippen LogP contribution in [0.15, 0.2) is 24.3 Å². The van der Waals surface area contributed by atoms with Crippen molar-refractivity contribution in [1.29, 1.82) is 0 Å². The fourth-order valence-corrected chi connectivity index (χ4v) is 1.23. The van der Waals surface area contributed by atoms with Gasteiger partial charge in [-0.2, -0.15) is 0 Å². The van der Waals surface area contributed by atoms with Crippen LogP contribution in [0.2, 0.25) is 0 Å². The van der Waals surface area contributed by atoms with Gasteiger partial charge >= 0.3 is 6.16 Å². The highest BCUT2D eigenvalue weighted by atomic mass is 16.7. The molecule has 0 aliphatic carbocycles. The lowest BCUT2D eigenvalue weighted by atomic mass is 10.2. The van der Waals surface area contributed by atoms with Gasteiger partial charge in [0, 0.05) is 12.1 Å². The Morgan fingerprint density at radius 3 is 2.30 bits per heavy atom. The maximum atomic E-state index is 11.3. The van der Waals surface area contributed by atoms with Crippen molar-refractivity contribution < 1.29 is 23.9 Å². The van der Waals surface area contributed by atoms with Crippen molar-refractivity contribution in [1.82, 2.24) is 0 Å². The van der Waals surface area contributed by atoms with E-state index in [0.717, 1.165) is 0 Å². The van der Waals surface area contributed by atoms with E-state index in [0.29, 0.717) is 0 Å². The number of hydrogen-bond acceptors (Lipinski definition) is 6. The summed E-state index contributed by atoms with van der Waals surface area (Å²) in [6.07, 6.45) is -0.878. The van der Waals surface area contributed by atoms with Gasteiger partial charge in [0.15, 0.2) is 0 Å². The number of benzene rings is 1. The standard InChI is InChI=1S/C13H17NO6/c1-13(2,3)19-9-8-18-12(15)20-11-6-4-10(5-7-11)14(16)17/h4-7H,8-9H2,1-3H3. The summed E-state index contributed by atoms with van der Waals surface area (Å²) in [5, 5.41) is 10.4. The van der Waals surface area contributed by atoms with E-state index in [1.165, 1.54) is 24.3 Å². The molecule has 0 saturated carbocycles. The van der Waals surface area contributed by atoms with Crippen LogP contribution < -0.4 is 4.74 Å². The molecule has 7 nitrogen and oxygen atoms in total. The number of nitro benzene ring substituents is 1. The lowest BCUT2D eigenvalue weighted by Crippen LogP contribution is -2.23. The van der Waals surface area contributed by atoms with Gasteiger partial charge in [-0.15, -0.1) is 0 Å². The maximum absolute atomic E-state index is 11.3. The average Bonchev–Trinajstić information content (AvgIpc) is 2.34. The highest BCUT2D eigenvalue weighted by Crippen LogP contribution is 2.17. The highest BCUT2D eigenvalue weighted by molar-refractivity contribution is 5.63. The number of non-ortho nitro benzene ring substituents is 1. The minimum absolute atomic E-state index is 0.0725. The third-order valence-corrected chi connectivity index (χ3v) is 2.09. The summed E-state index contributed by atoms with van der Waals surface area (Å²) in [5.41, 5.74) is -0.379. The third-order valence-electron chi connectivity index (χ3n) is 2.09. The lowest BCUT2D eigenvalue weighted by Gasteiger charge is -2.19. The Bertz CT molecular complexity index is 463. The Morgan fingerprint density at radius 2 is 1.80 bits per heavy atom. The van der Waals surface area contributed by atoms with Gasteiger partial charge in [-0.05, 0) is 32.9 Å². The second-order valence-corrected chi connectivity index (χ2v) is 4.91. The summed E-state index contributed by atoms with van der Waals surface area (Å²) in [7, 11) is 0. The summed E-state index contributed by atoms with van der Waals surface area (Å²) >= 11 is 0. The molecule has 0 radical (unpaired) electrons. The van der Waals surface area contributed by atoms with Crippen molar-refractivity contribution in [3.8, 4) is 5.75 Å². The molecule has 0 amide bonds. The van der Waals surface area contributed by atoms with E-state index in [4.69, 9.17) is 14.2 Å². The van der Waals surface area contributed by atoms with Crippen LogP contribution in [0, 0.1) is 10.1 Å². The predicted molar refractivity (Wildman–Crippen MR) is 70.8 cm³/mol. The van der Waals surface area contributed by atoms with Gasteiger partial charge in [-0.3, -0.25) is 10.1 Å². The van der Waals surface area contributed by atoms with Crippen LogP contribution in [0.25, 0.3) is 0 Å². The normalized spacial score (nSPS) is 10.9. The number of rotatable bonds is 5. The fraction of sp³-hybridized carbons (Fsp3) is 0.462. The third kappa shape index (κ3) is 6.14. The first kappa shape index (κ1) is 15.9. The zero-order chi connectivity index (χ0) is 15.2. The molecule has 0 saturated heterocycles. The molecule has 0 aromatic heterocycles. The molecule has 7 heteroatoms. The van der Waals surface area contributed by atoms with Crippen LogP contribution in [-0.2, 0) is 9.47 Å². The summed E-state index contributed by atoms with van der Waals surface area (Å²) in [5.74, 6) is 0.178. The summed E-state index contributed by atoms with van der Waals surface area (Å²) < 4.78 is 15.0. The number of nitrogens with zero attached hydrogens (tertiary/aromatic N) is 1. The van der Waals surface area contributed by atoms with E-state index in [-0.39, 0.29) is 30.3 Å². The Balaban J connectivity index is 2.33. The molecular weight excluding hydrogens is 266 g/mol. The molecule has 0 bridgehead atoms. The van der Waals surface area contributed by atoms with Crippen molar-refractivity contribution in [3.63, 3.8) is 0 Å². The molecule has 0 aliphatic rings. The Labute approximate surface area is 116 Å². The summed E-state index contributed by atoms with van der Waals surface area (Å²) in [6.45, 7) is 6.01. The largest absolute Gasteiger partial charge is 0.513 e. The zero-order valence-electron chi connectivity index (χ0n) is 11.6. The molecule has 1 rings (SSSR count). The number of carbonyl (C=O) groups is 1. The fourth-order valence-electron chi connectivity index (χ4n) is 1.23. The quantitative estimate of drug-likeness (QED) is 0.271. The Hall–Kier alpha value is -2.15. The summed E-state index contributed by atoms with van der Waals surface area (Å²) in [4.78, 5) is 21.2. The molecule has 0 spiro atoms. The Morgan fingerprint density at radius 1 is 1.20 bits per heavy atom. The molecule has 0 unspecified atom stereocenters. The van der Waals surface area contributed by atoms with Gasteiger partial charge in [0.2, 0.25) is 0 Å². The molecule has 0 fully saturated rings. The molecule has 0 aliphatic heterocycles. The van der Waals surface area contributed by atoms with Crippen LogP contribution in [0.5, 0.6) is 5.75 Å². The molecule has 20 heavy (non-hydrogen) atoms. The zero-order valence-corrected chi connectivity index (χ0v) is 11.6. The van der Waals surface area contributed by atoms with Crippen LogP contribution >= 0.6 is 0 Å². The van der Waals surface area contributed by atoms with Gasteiger partial charge in [0.05, 0.1) is 17.1 Å². The second kappa shape index (κ2) is 6.85. The van der Waals surface area contributed by atoms with E-state index >= 15 is 0 Å². The van der Waals surface area contributed by atoms with Crippen LogP contribution in [-0.4, -0.2) is 29.9 Å². The van der Waals surface area contributed by atoms with E-state index in [1.54, 1.807) is 0 Å². The second-order valence-electron chi connectivity index (χ2n) is 4.91.